The Balaban J connectivity index is 2.70. The molecule has 0 saturated heterocycles. The Kier molecular flexibility index (Phi) is 4.33. The van der Waals surface area contributed by atoms with Crippen LogP contribution in [0.4, 0.5) is 0 Å². The van der Waals surface area contributed by atoms with Crippen molar-refractivity contribution < 1.29 is 5.11 Å². The number of rotatable bonds is 5. The van der Waals surface area contributed by atoms with E-state index in [0.717, 1.165) is 13.0 Å². The zero-order valence-electron chi connectivity index (χ0n) is 10.4. The average Bonchev–Trinajstić information content (AvgIpc) is 2.31. The van der Waals surface area contributed by atoms with E-state index in [-0.39, 0.29) is 5.54 Å². The summed E-state index contributed by atoms with van der Waals surface area (Å²) in [7, 11) is 2.09. The number of phenolic OH excluding ortho intramolecular Hbond substituents is 1. The average molecular weight is 222 g/mol. The molecule has 0 heterocycles. The minimum Gasteiger partial charge on any atom is -0.508 e. The van der Waals surface area contributed by atoms with Gasteiger partial charge in [0.05, 0.1) is 0 Å². The molecule has 0 aliphatic carbocycles. The monoisotopic (exact) mass is 222 g/mol. The normalized spacial score (nSPS) is 15.1. The molecule has 0 aliphatic rings. The van der Waals surface area contributed by atoms with Gasteiger partial charge in [0.2, 0.25) is 0 Å². The van der Waals surface area contributed by atoms with Crippen molar-refractivity contribution in [1.29, 1.82) is 0 Å². The van der Waals surface area contributed by atoms with Crippen molar-refractivity contribution in [3.63, 3.8) is 0 Å². The molecule has 0 aliphatic heterocycles. The third kappa shape index (κ3) is 2.97. The minimum absolute atomic E-state index is 0.0396. The summed E-state index contributed by atoms with van der Waals surface area (Å²) in [4.78, 5) is 2.26. The molecular weight excluding hydrogens is 200 g/mol. The van der Waals surface area contributed by atoms with Gasteiger partial charge in [-0.2, -0.15) is 0 Å². The van der Waals surface area contributed by atoms with Crippen LogP contribution in [-0.4, -0.2) is 29.1 Å². The van der Waals surface area contributed by atoms with E-state index in [2.05, 4.69) is 25.8 Å². The van der Waals surface area contributed by atoms with Crippen molar-refractivity contribution in [2.75, 3.05) is 13.6 Å². The molecule has 3 N–H and O–H groups in total. The van der Waals surface area contributed by atoms with Gasteiger partial charge in [-0.25, -0.2) is 0 Å². The van der Waals surface area contributed by atoms with Crippen molar-refractivity contribution in [2.24, 2.45) is 5.73 Å². The Labute approximate surface area is 97.9 Å². The highest BCUT2D eigenvalue weighted by Crippen LogP contribution is 2.19. The third-order valence-corrected chi connectivity index (χ3v) is 3.48. The minimum atomic E-state index is 0.0396. The van der Waals surface area contributed by atoms with Gasteiger partial charge in [0, 0.05) is 18.6 Å². The summed E-state index contributed by atoms with van der Waals surface area (Å²) in [5, 5.41) is 9.21. The van der Waals surface area contributed by atoms with Crippen molar-refractivity contribution in [1.82, 2.24) is 4.90 Å². The van der Waals surface area contributed by atoms with E-state index in [4.69, 9.17) is 5.73 Å². The van der Waals surface area contributed by atoms with Crippen LogP contribution in [0.2, 0.25) is 0 Å². The van der Waals surface area contributed by atoms with Gasteiger partial charge in [0.1, 0.15) is 5.75 Å². The fourth-order valence-corrected chi connectivity index (χ4v) is 1.64. The molecule has 0 fully saturated rings. The maximum atomic E-state index is 9.21. The summed E-state index contributed by atoms with van der Waals surface area (Å²) in [6.07, 6.45) is 1.03. The van der Waals surface area contributed by atoms with Crippen LogP contribution in [0.5, 0.6) is 5.75 Å². The second kappa shape index (κ2) is 5.32. The van der Waals surface area contributed by atoms with Gasteiger partial charge in [-0.1, -0.05) is 19.1 Å². The molecule has 1 aromatic rings. The van der Waals surface area contributed by atoms with Crippen LogP contribution in [0.25, 0.3) is 0 Å². The summed E-state index contributed by atoms with van der Waals surface area (Å²) in [6.45, 7) is 5.83. The number of aromatic hydroxyl groups is 1. The predicted octanol–water partition coefficient (Wildman–Crippen LogP) is 1.95. The van der Waals surface area contributed by atoms with Gasteiger partial charge in [0.15, 0.2) is 0 Å². The van der Waals surface area contributed by atoms with E-state index < -0.39 is 0 Å². The predicted molar refractivity (Wildman–Crippen MR) is 67.3 cm³/mol. The van der Waals surface area contributed by atoms with Crippen LogP contribution in [0.3, 0.4) is 0 Å². The highest BCUT2D eigenvalue weighted by atomic mass is 16.3. The number of phenols is 1. The molecule has 0 radical (unpaired) electrons. The first-order valence-electron chi connectivity index (χ1n) is 5.71. The van der Waals surface area contributed by atoms with Gasteiger partial charge in [0.25, 0.3) is 0 Å². The van der Waals surface area contributed by atoms with Crippen LogP contribution in [0.1, 0.15) is 25.8 Å². The molecule has 3 nitrogen and oxygen atoms in total. The number of hydrogen-bond donors (Lipinski definition) is 2. The first kappa shape index (κ1) is 13.0. The van der Waals surface area contributed by atoms with E-state index in [9.17, 15) is 5.11 Å². The Morgan fingerprint density at radius 2 is 1.88 bits per heavy atom. The fraction of sp³-hybridized carbons (Fsp3) is 0.538. The molecule has 90 valence electrons. The lowest BCUT2D eigenvalue weighted by atomic mass is 9.96. The van der Waals surface area contributed by atoms with E-state index in [1.807, 2.05) is 12.1 Å². The number of likely N-dealkylation sites (N-methyl/N-ethyl adjacent to an activating group) is 1. The van der Waals surface area contributed by atoms with Crippen molar-refractivity contribution in [2.45, 2.75) is 32.4 Å². The van der Waals surface area contributed by atoms with Crippen LogP contribution in [0, 0.1) is 0 Å². The summed E-state index contributed by atoms with van der Waals surface area (Å²) < 4.78 is 0. The topological polar surface area (TPSA) is 49.5 Å². The second-order valence-electron chi connectivity index (χ2n) is 4.58. The van der Waals surface area contributed by atoms with Crippen molar-refractivity contribution in [3.05, 3.63) is 29.8 Å². The Bertz CT molecular complexity index is 317. The maximum absolute atomic E-state index is 9.21. The SMILES string of the molecule is CCC(C)(CN)N(C)Cc1ccc(O)cc1. The molecule has 0 spiro atoms. The van der Waals surface area contributed by atoms with E-state index >= 15 is 0 Å². The maximum Gasteiger partial charge on any atom is 0.115 e. The fourth-order valence-electron chi connectivity index (χ4n) is 1.64. The first-order chi connectivity index (χ1) is 7.51. The Morgan fingerprint density at radius 3 is 2.31 bits per heavy atom. The van der Waals surface area contributed by atoms with Crippen LogP contribution < -0.4 is 5.73 Å². The molecule has 1 unspecified atom stereocenters. The lowest BCUT2D eigenvalue weighted by Crippen LogP contribution is -2.48. The number of benzene rings is 1. The lowest BCUT2D eigenvalue weighted by Gasteiger charge is -2.37. The molecule has 0 amide bonds. The molecule has 16 heavy (non-hydrogen) atoms. The number of nitrogens with zero attached hydrogens (tertiary/aromatic N) is 1. The van der Waals surface area contributed by atoms with Gasteiger partial charge in [-0.05, 0) is 38.1 Å². The Morgan fingerprint density at radius 1 is 1.31 bits per heavy atom. The quantitative estimate of drug-likeness (QED) is 0.800. The van der Waals surface area contributed by atoms with Gasteiger partial charge in [-0.15, -0.1) is 0 Å². The Hall–Kier alpha value is -1.06. The highest BCUT2D eigenvalue weighted by Gasteiger charge is 2.25. The van der Waals surface area contributed by atoms with E-state index in [1.54, 1.807) is 12.1 Å². The molecule has 1 atom stereocenters. The summed E-state index contributed by atoms with van der Waals surface area (Å²) in [6, 6.07) is 7.32. The van der Waals surface area contributed by atoms with Crippen LogP contribution in [0.15, 0.2) is 24.3 Å². The number of hydrogen-bond acceptors (Lipinski definition) is 3. The molecule has 3 heteroatoms. The lowest BCUT2D eigenvalue weighted by molar-refractivity contribution is 0.131. The zero-order valence-corrected chi connectivity index (χ0v) is 10.4. The molecule has 0 aromatic heterocycles. The van der Waals surface area contributed by atoms with Crippen LogP contribution >= 0.6 is 0 Å². The third-order valence-electron chi connectivity index (χ3n) is 3.48. The van der Waals surface area contributed by atoms with Crippen LogP contribution in [-0.2, 0) is 6.54 Å². The molecule has 0 saturated carbocycles. The second-order valence-corrected chi connectivity index (χ2v) is 4.58. The van der Waals surface area contributed by atoms with Gasteiger partial charge < -0.3 is 10.8 Å². The van der Waals surface area contributed by atoms with E-state index in [1.165, 1.54) is 5.56 Å². The highest BCUT2D eigenvalue weighted by molar-refractivity contribution is 5.25. The van der Waals surface area contributed by atoms with Gasteiger partial charge >= 0.3 is 0 Å². The first-order valence-corrected chi connectivity index (χ1v) is 5.71. The smallest absolute Gasteiger partial charge is 0.115 e. The van der Waals surface area contributed by atoms with E-state index in [0.29, 0.717) is 12.3 Å². The summed E-state index contributed by atoms with van der Waals surface area (Å²) in [5.74, 6) is 0.309. The standard InChI is InChI=1S/C13H22N2O/c1-4-13(2,10-14)15(3)9-11-5-7-12(16)8-6-11/h5-8,16H,4,9-10,14H2,1-3H3. The zero-order chi connectivity index (χ0) is 12.2. The summed E-state index contributed by atoms with van der Waals surface area (Å²) >= 11 is 0. The molecule has 1 rings (SSSR count). The van der Waals surface area contributed by atoms with Crippen molar-refractivity contribution in [3.8, 4) is 5.75 Å². The van der Waals surface area contributed by atoms with Crippen molar-refractivity contribution >= 4 is 0 Å². The molecule has 1 aromatic carbocycles. The molecule has 0 bridgehead atoms. The van der Waals surface area contributed by atoms with Gasteiger partial charge in [-0.3, -0.25) is 4.90 Å². The largest absolute Gasteiger partial charge is 0.508 e. The summed E-state index contributed by atoms with van der Waals surface area (Å²) in [5.41, 5.74) is 7.04. The molecular formula is C13H22N2O. The number of nitrogens with two attached hydrogens (primary N) is 1.